The number of nitrogens with one attached hydrogen (secondary N) is 1. The Hall–Kier alpha value is -1.38. The van der Waals surface area contributed by atoms with Crippen molar-refractivity contribution >= 4 is 11.4 Å². The molecule has 3 heteroatoms. The Morgan fingerprint density at radius 1 is 1.50 bits per heavy atom. The van der Waals surface area contributed by atoms with Crippen molar-refractivity contribution in [2.75, 3.05) is 18.1 Å². The van der Waals surface area contributed by atoms with E-state index in [0.717, 1.165) is 0 Å². The number of phenolic OH excluding ortho intramolecular Hbond substituents is 1. The van der Waals surface area contributed by atoms with Crippen LogP contribution in [0.5, 0.6) is 5.75 Å². The third kappa shape index (κ3) is 0.978. The van der Waals surface area contributed by atoms with Crippen molar-refractivity contribution < 1.29 is 5.11 Å². The van der Waals surface area contributed by atoms with Crippen LogP contribution in [0.2, 0.25) is 0 Å². The number of anilines is 2. The van der Waals surface area contributed by atoms with Crippen molar-refractivity contribution in [3.05, 3.63) is 18.2 Å². The summed E-state index contributed by atoms with van der Waals surface area (Å²) in [7, 11) is 1.73. The molecule has 0 unspecified atom stereocenters. The van der Waals surface area contributed by atoms with Gasteiger partial charge in [0, 0.05) is 7.05 Å². The first-order valence-electron chi connectivity index (χ1n) is 3.01. The minimum atomic E-state index is 0.116. The normalized spacial score (nSPS) is 9.30. The molecule has 1 aromatic carbocycles. The molecule has 0 spiro atoms. The number of phenols is 1. The molecule has 0 radical (unpaired) electrons. The summed E-state index contributed by atoms with van der Waals surface area (Å²) in [6.07, 6.45) is 0. The van der Waals surface area contributed by atoms with Gasteiger partial charge in [-0.25, -0.2) is 0 Å². The van der Waals surface area contributed by atoms with Crippen LogP contribution < -0.4 is 11.1 Å². The molecule has 0 heterocycles. The fourth-order valence-electron chi connectivity index (χ4n) is 0.763. The molecule has 0 aromatic heterocycles. The predicted octanol–water partition coefficient (Wildman–Crippen LogP) is 1.02. The highest BCUT2D eigenvalue weighted by Gasteiger charge is 1.99. The van der Waals surface area contributed by atoms with E-state index in [-0.39, 0.29) is 5.75 Å². The van der Waals surface area contributed by atoms with Crippen molar-refractivity contribution in [3.8, 4) is 5.75 Å². The van der Waals surface area contributed by atoms with Gasteiger partial charge in [0.05, 0.1) is 11.4 Å². The average molecular weight is 138 g/mol. The van der Waals surface area contributed by atoms with Crippen LogP contribution in [0.25, 0.3) is 0 Å². The summed E-state index contributed by atoms with van der Waals surface area (Å²) in [6, 6.07) is 5.18. The van der Waals surface area contributed by atoms with Crippen LogP contribution in [-0.2, 0) is 0 Å². The van der Waals surface area contributed by atoms with Gasteiger partial charge in [-0.1, -0.05) is 6.07 Å². The highest BCUT2D eigenvalue weighted by atomic mass is 16.3. The van der Waals surface area contributed by atoms with Crippen LogP contribution in [0.3, 0.4) is 0 Å². The first-order valence-corrected chi connectivity index (χ1v) is 3.01. The Morgan fingerprint density at radius 3 is 2.70 bits per heavy atom. The second kappa shape index (κ2) is 2.47. The lowest BCUT2D eigenvalue weighted by Gasteiger charge is -2.04. The zero-order chi connectivity index (χ0) is 7.56. The molecule has 0 saturated carbocycles. The van der Waals surface area contributed by atoms with Gasteiger partial charge in [-0.3, -0.25) is 0 Å². The molecular weight excluding hydrogens is 128 g/mol. The first kappa shape index (κ1) is 6.74. The van der Waals surface area contributed by atoms with Gasteiger partial charge in [-0.2, -0.15) is 0 Å². The maximum absolute atomic E-state index is 9.21. The van der Waals surface area contributed by atoms with Crippen LogP contribution in [0, 0.1) is 0 Å². The summed E-state index contributed by atoms with van der Waals surface area (Å²) < 4.78 is 0. The third-order valence-electron chi connectivity index (χ3n) is 1.34. The van der Waals surface area contributed by atoms with Gasteiger partial charge in [0.1, 0.15) is 0 Å². The summed E-state index contributed by atoms with van der Waals surface area (Å²) in [5.41, 5.74) is 6.45. The Labute approximate surface area is 59.5 Å². The van der Waals surface area contributed by atoms with Gasteiger partial charge in [0.15, 0.2) is 5.75 Å². The molecule has 10 heavy (non-hydrogen) atoms. The largest absolute Gasteiger partial charge is 0.504 e. The van der Waals surface area contributed by atoms with E-state index in [2.05, 4.69) is 5.32 Å². The number of nitrogens with two attached hydrogens (primary N) is 1. The maximum atomic E-state index is 9.21. The van der Waals surface area contributed by atoms with Crippen molar-refractivity contribution in [1.29, 1.82) is 0 Å². The van der Waals surface area contributed by atoms with E-state index in [1.54, 1.807) is 25.2 Å². The zero-order valence-electron chi connectivity index (χ0n) is 5.76. The van der Waals surface area contributed by atoms with Crippen LogP contribution >= 0.6 is 0 Å². The van der Waals surface area contributed by atoms with Gasteiger partial charge in [-0.15, -0.1) is 0 Å². The molecule has 0 aliphatic rings. The van der Waals surface area contributed by atoms with Crippen LogP contribution in [0.15, 0.2) is 18.2 Å². The number of para-hydroxylation sites is 1. The number of rotatable bonds is 1. The molecule has 0 saturated heterocycles. The Bertz CT molecular complexity index is 235. The van der Waals surface area contributed by atoms with Crippen molar-refractivity contribution in [2.45, 2.75) is 0 Å². The molecule has 0 aliphatic heterocycles. The summed E-state index contributed by atoms with van der Waals surface area (Å²) in [6.45, 7) is 0. The molecule has 1 rings (SSSR count). The van der Waals surface area contributed by atoms with Crippen molar-refractivity contribution in [2.24, 2.45) is 0 Å². The SMILES string of the molecule is CNc1cccc(N)c1O. The van der Waals surface area contributed by atoms with Crippen LogP contribution in [-0.4, -0.2) is 12.2 Å². The Balaban J connectivity index is 3.14. The number of hydrogen-bond acceptors (Lipinski definition) is 3. The summed E-state index contributed by atoms with van der Waals surface area (Å²) >= 11 is 0. The molecule has 54 valence electrons. The number of aromatic hydroxyl groups is 1. The van der Waals surface area contributed by atoms with Gasteiger partial charge < -0.3 is 16.2 Å². The molecule has 0 amide bonds. The highest BCUT2D eigenvalue weighted by molar-refractivity contribution is 5.67. The monoisotopic (exact) mass is 138 g/mol. The standard InChI is InChI=1S/C7H10N2O/c1-9-6-4-2-3-5(8)7(6)10/h2-4,9-10H,8H2,1H3. The lowest BCUT2D eigenvalue weighted by Crippen LogP contribution is -1.91. The molecule has 0 fully saturated rings. The smallest absolute Gasteiger partial charge is 0.161 e. The van der Waals surface area contributed by atoms with E-state index >= 15 is 0 Å². The van der Waals surface area contributed by atoms with E-state index in [4.69, 9.17) is 5.73 Å². The maximum Gasteiger partial charge on any atom is 0.161 e. The van der Waals surface area contributed by atoms with Gasteiger partial charge >= 0.3 is 0 Å². The van der Waals surface area contributed by atoms with Gasteiger partial charge in [0.2, 0.25) is 0 Å². The summed E-state index contributed by atoms with van der Waals surface area (Å²) in [4.78, 5) is 0. The molecule has 4 N–H and O–H groups in total. The molecule has 0 atom stereocenters. The van der Waals surface area contributed by atoms with Crippen LogP contribution in [0.4, 0.5) is 11.4 Å². The van der Waals surface area contributed by atoms with E-state index in [1.165, 1.54) is 0 Å². The quantitative estimate of drug-likeness (QED) is 0.401. The average Bonchev–Trinajstić information content (AvgIpc) is 1.95. The van der Waals surface area contributed by atoms with E-state index in [0.29, 0.717) is 11.4 Å². The number of nitrogen functional groups attached to an aromatic ring is 1. The molecule has 3 nitrogen and oxygen atoms in total. The van der Waals surface area contributed by atoms with Crippen molar-refractivity contribution in [3.63, 3.8) is 0 Å². The minimum Gasteiger partial charge on any atom is -0.504 e. The fraction of sp³-hybridized carbons (Fsp3) is 0.143. The highest BCUT2D eigenvalue weighted by Crippen LogP contribution is 2.28. The first-order chi connectivity index (χ1) is 4.75. The number of benzene rings is 1. The van der Waals surface area contributed by atoms with Crippen LogP contribution in [0.1, 0.15) is 0 Å². The molecule has 0 bridgehead atoms. The predicted molar refractivity (Wildman–Crippen MR) is 42.1 cm³/mol. The topological polar surface area (TPSA) is 58.3 Å². The molecule has 0 aliphatic carbocycles. The number of hydrogen-bond donors (Lipinski definition) is 3. The lowest BCUT2D eigenvalue weighted by atomic mass is 10.2. The van der Waals surface area contributed by atoms with E-state index in [9.17, 15) is 5.11 Å². The fourth-order valence-corrected chi connectivity index (χ4v) is 0.763. The molecular formula is C7H10N2O. The Kier molecular flexibility index (Phi) is 1.67. The van der Waals surface area contributed by atoms with Gasteiger partial charge in [-0.05, 0) is 12.1 Å². The molecule has 1 aromatic rings. The second-order valence-electron chi connectivity index (χ2n) is 1.99. The second-order valence-corrected chi connectivity index (χ2v) is 1.99. The summed E-state index contributed by atoms with van der Waals surface area (Å²) in [5.74, 6) is 0.116. The minimum absolute atomic E-state index is 0.116. The lowest BCUT2D eigenvalue weighted by molar-refractivity contribution is 0.480. The van der Waals surface area contributed by atoms with E-state index < -0.39 is 0 Å². The van der Waals surface area contributed by atoms with Gasteiger partial charge in [0.25, 0.3) is 0 Å². The summed E-state index contributed by atoms with van der Waals surface area (Å²) in [5, 5.41) is 12.0. The Morgan fingerprint density at radius 2 is 2.20 bits per heavy atom. The third-order valence-corrected chi connectivity index (χ3v) is 1.34. The zero-order valence-corrected chi connectivity index (χ0v) is 5.76. The van der Waals surface area contributed by atoms with E-state index in [1.807, 2.05) is 0 Å². The van der Waals surface area contributed by atoms with Crippen molar-refractivity contribution in [1.82, 2.24) is 0 Å².